The number of benzene rings is 3. The molecule has 1 fully saturated rings. The molecule has 1 N–H and O–H groups in total. The van der Waals surface area contributed by atoms with Gasteiger partial charge in [0, 0.05) is 24.7 Å². The van der Waals surface area contributed by atoms with Crippen LogP contribution < -0.4 is 28.6 Å². The van der Waals surface area contributed by atoms with Crippen LogP contribution in [0.25, 0.3) is 0 Å². The summed E-state index contributed by atoms with van der Waals surface area (Å²) in [6.45, 7) is 1.09. The van der Waals surface area contributed by atoms with Crippen molar-refractivity contribution in [3.05, 3.63) is 70.2 Å². The SMILES string of the molecule is CCC(C(=O)NC1CCCCC1)N(Cc1ccc(Cl)c(Cl)c1)C(=O)CN(c1cc(OC)ccc1OC)S(=O)(=O)c1ccc(OC)c(OC)c1. The summed E-state index contributed by atoms with van der Waals surface area (Å²) in [6.07, 6.45) is 5.13. The lowest BCUT2D eigenvalue weighted by Crippen LogP contribution is -2.54. The number of amides is 2. The number of hydrogen-bond donors (Lipinski definition) is 1. The third-order valence-electron chi connectivity index (χ3n) is 8.55. The number of ether oxygens (including phenoxy) is 4. The van der Waals surface area contributed by atoms with E-state index in [1.54, 1.807) is 30.3 Å². The number of halogens is 2. The van der Waals surface area contributed by atoms with Crippen LogP contribution in [0.15, 0.2) is 59.5 Å². The van der Waals surface area contributed by atoms with Gasteiger partial charge in [0.15, 0.2) is 11.5 Å². The van der Waals surface area contributed by atoms with Crippen LogP contribution in [0.3, 0.4) is 0 Å². The molecule has 1 aliphatic carbocycles. The molecular formula is C35H43Cl2N3O8S. The predicted molar refractivity (Wildman–Crippen MR) is 190 cm³/mol. The monoisotopic (exact) mass is 735 g/mol. The highest BCUT2D eigenvalue weighted by Gasteiger charge is 2.36. The third-order valence-corrected chi connectivity index (χ3v) is 11.0. The van der Waals surface area contributed by atoms with E-state index in [0.717, 1.165) is 36.4 Å². The minimum Gasteiger partial charge on any atom is -0.497 e. The number of methoxy groups -OCH3 is 4. The van der Waals surface area contributed by atoms with Crippen molar-refractivity contribution >= 4 is 50.7 Å². The summed E-state index contributed by atoms with van der Waals surface area (Å²) in [5.74, 6) is 0.0731. The van der Waals surface area contributed by atoms with Crippen LogP contribution in [0.4, 0.5) is 5.69 Å². The Kier molecular flexibility index (Phi) is 13.3. The second-order valence-electron chi connectivity index (χ2n) is 11.6. The molecule has 0 bridgehead atoms. The molecule has 0 heterocycles. The maximum absolute atomic E-state index is 14.6. The summed E-state index contributed by atoms with van der Waals surface area (Å²) in [5.41, 5.74) is 0.666. The van der Waals surface area contributed by atoms with E-state index in [-0.39, 0.29) is 52.0 Å². The van der Waals surface area contributed by atoms with Gasteiger partial charge in [0.2, 0.25) is 11.8 Å². The minimum absolute atomic E-state index is 0.000187. The summed E-state index contributed by atoms with van der Waals surface area (Å²) in [7, 11) is 1.19. The van der Waals surface area contributed by atoms with Crippen LogP contribution >= 0.6 is 23.2 Å². The molecule has 49 heavy (non-hydrogen) atoms. The molecule has 0 aliphatic heterocycles. The molecule has 11 nitrogen and oxygen atoms in total. The molecule has 1 saturated carbocycles. The van der Waals surface area contributed by atoms with Crippen molar-refractivity contribution < 1.29 is 37.0 Å². The van der Waals surface area contributed by atoms with E-state index in [0.29, 0.717) is 22.1 Å². The lowest BCUT2D eigenvalue weighted by Gasteiger charge is -2.34. The van der Waals surface area contributed by atoms with Crippen molar-refractivity contribution in [1.82, 2.24) is 10.2 Å². The van der Waals surface area contributed by atoms with Crippen LogP contribution in [0, 0.1) is 0 Å². The van der Waals surface area contributed by atoms with Crippen molar-refractivity contribution in [2.45, 2.75) is 69.0 Å². The molecule has 3 aromatic rings. The zero-order valence-corrected chi connectivity index (χ0v) is 30.7. The van der Waals surface area contributed by atoms with Crippen LogP contribution in [-0.2, 0) is 26.2 Å². The highest BCUT2D eigenvalue weighted by atomic mass is 35.5. The zero-order chi connectivity index (χ0) is 35.7. The molecule has 1 aliphatic rings. The van der Waals surface area contributed by atoms with Gasteiger partial charge in [-0.15, -0.1) is 0 Å². The number of rotatable bonds is 15. The fourth-order valence-electron chi connectivity index (χ4n) is 5.91. The Hall–Kier alpha value is -3.87. The van der Waals surface area contributed by atoms with Gasteiger partial charge in [0.1, 0.15) is 24.1 Å². The topological polar surface area (TPSA) is 124 Å². The van der Waals surface area contributed by atoms with Gasteiger partial charge in [-0.05, 0) is 61.2 Å². The Bertz CT molecular complexity index is 1730. The highest BCUT2D eigenvalue weighted by molar-refractivity contribution is 7.92. The summed E-state index contributed by atoms with van der Waals surface area (Å²) >= 11 is 12.5. The molecule has 2 amide bonds. The van der Waals surface area contributed by atoms with Gasteiger partial charge in [-0.1, -0.05) is 55.5 Å². The summed E-state index contributed by atoms with van der Waals surface area (Å²) in [4.78, 5) is 29.7. The molecule has 3 aromatic carbocycles. The first-order valence-electron chi connectivity index (χ1n) is 16.0. The summed E-state index contributed by atoms with van der Waals surface area (Å²) in [5, 5.41) is 3.75. The average molecular weight is 737 g/mol. The molecule has 0 spiro atoms. The maximum atomic E-state index is 14.6. The minimum atomic E-state index is -4.48. The quantitative estimate of drug-likeness (QED) is 0.188. The van der Waals surface area contributed by atoms with E-state index >= 15 is 0 Å². The molecule has 1 unspecified atom stereocenters. The molecule has 1 atom stereocenters. The largest absolute Gasteiger partial charge is 0.497 e. The van der Waals surface area contributed by atoms with Gasteiger partial charge in [-0.3, -0.25) is 13.9 Å². The fraction of sp³-hybridized carbons (Fsp3) is 0.429. The number of hydrogen-bond acceptors (Lipinski definition) is 8. The normalized spacial score (nSPS) is 14.0. The lowest BCUT2D eigenvalue weighted by molar-refractivity contribution is -0.140. The van der Waals surface area contributed by atoms with Crippen LogP contribution in [0.5, 0.6) is 23.0 Å². The smallest absolute Gasteiger partial charge is 0.265 e. The Morgan fingerprint density at radius 2 is 1.51 bits per heavy atom. The van der Waals surface area contributed by atoms with Crippen molar-refractivity contribution in [2.24, 2.45) is 0 Å². The molecule has 0 saturated heterocycles. The molecule has 14 heteroatoms. The first kappa shape index (κ1) is 37.9. The Balaban J connectivity index is 1.82. The van der Waals surface area contributed by atoms with E-state index in [4.69, 9.17) is 42.1 Å². The lowest BCUT2D eigenvalue weighted by atomic mass is 9.95. The van der Waals surface area contributed by atoms with E-state index < -0.39 is 28.5 Å². The molecule has 266 valence electrons. The van der Waals surface area contributed by atoms with Crippen molar-refractivity contribution in [1.29, 1.82) is 0 Å². The van der Waals surface area contributed by atoms with Crippen molar-refractivity contribution in [3.8, 4) is 23.0 Å². The van der Waals surface area contributed by atoms with Gasteiger partial charge in [0.25, 0.3) is 10.0 Å². The second-order valence-corrected chi connectivity index (χ2v) is 14.3. The highest BCUT2D eigenvalue weighted by Crippen LogP contribution is 2.38. The number of anilines is 1. The average Bonchev–Trinajstić information content (AvgIpc) is 3.11. The van der Waals surface area contributed by atoms with E-state index in [2.05, 4.69) is 5.32 Å². The number of nitrogens with one attached hydrogen (secondary N) is 1. The molecule has 0 radical (unpaired) electrons. The zero-order valence-electron chi connectivity index (χ0n) is 28.3. The maximum Gasteiger partial charge on any atom is 0.265 e. The molecule has 0 aromatic heterocycles. The van der Waals surface area contributed by atoms with Gasteiger partial charge in [0.05, 0.1) is 49.1 Å². The van der Waals surface area contributed by atoms with Crippen molar-refractivity contribution in [2.75, 3.05) is 39.3 Å². The number of nitrogens with zero attached hydrogens (tertiary/aromatic N) is 2. The second kappa shape index (κ2) is 17.2. The van der Waals surface area contributed by atoms with Gasteiger partial charge >= 0.3 is 0 Å². The first-order valence-corrected chi connectivity index (χ1v) is 18.2. The van der Waals surface area contributed by atoms with Gasteiger partial charge < -0.3 is 29.2 Å². The predicted octanol–water partition coefficient (Wildman–Crippen LogP) is 6.48. The number of carbonyl (C=O) groups excluding carboxylic acids is 2. The van der Waals surface area contributed by atoms with Crippen molar-refractivity contribution in [3.63, 3.8) is 0 Å². The van der Waals surface area contributed by atoms with Crippen LogP contribution in [0.1, 0.15) is 51.0 Å². The summed E-state index contributed by atoms with van der Waals surface area (Å²) in [6, 6.07) is 12.8. The Labute approximate surface area is 298 Å². The van der Waals surface area contributed by atoms with E-state index in [1.807, 2.05) is 6.92 Å². The molecule has 4 rings (SSSR count). The van der Waals surface area contributed by atoms with Gasteiger partial charge in [-0.25, -0.2) is 8.42 Å². The Morgan fingerprint density at radius 3 is 2.12 bits per heavy atom. The van der Waals surface area contributed by atoms with E-state index in [1.165, 1.54) is 57.6 Å². The summed E-state index contributed by atoms with van der Waals surface area (Å²) < 4.78 is 51.7. The first-order chi connectivity index (χ1) is 23.5. The standard InChI is InChI=1S/C35H43Cl2N3O8S/c1-6-29(35(42)38-24-10-8-7-9-11-24)39(21-23-12-15-27(36)28(37)18-23)34(41)22-40(30-19-25(45-2)13-16-31(30)46-3)49(43,44)26-14-17-32(47-4)33(20-26)48-5/h12-20,24,29H,6-11,21-22H2,1-5H3,(H,38,42). The number of carbonyl (C=O) groups is 2. The van der Waals surface area contributed by atoms with Gasteiger partial charge in [-0.2, -0.15) is 0 Å². The fourth-order valence-corrected chi connectivity index (χ4v) is 7.66. The number of sulfonamides is 1. The van der Waals surface area contributed by atoms with E-state index in [9.17, 15) is 18.0 Å². The van der Waals surface area contributed by atoms with Crippen LogP contribution in [-0.4, -0.2) is 72.2 Å². The Morgan fingerprint density at radius 1 is 0.837 bits per heavy atom. The van der Waals surface area contributed by atoms with Crippen LogP contribution in [0.2, 0.25) is 10.0 Å². The molecular weight excluding hydrogens is 693 g/mol. The third kappa shape index (κ3) is 9.03.